The van der Waals surface area contributed by atoms with Gasteiger partial charge < -0.3 is 33.5 Å². The Morgan fingerprint density at radius 2 is 0.750 bits per heavy atom. The highest BCUT2D eigenvalue weighted by atomic mass is 16.6. The molecule has 4 aromatic rings. The third kappa shape index (κ3) is 8.27. The lowest BCUT2D eigenvalue weighted by atomic mass is 9.65. The van der Waals surface area contributed by atoms with Crippen LogP contribution in [0.25, 0.3) is 0 Å². The van der Waals surface area contributed by atoms with Crippen molar-refractivity contribution in [1.82, 2.24) is 0 Å². The third-order valence-corrected chi connectivity index (χ3v) is 11.6. The van der Waals surface area contributed by atoms with Crippen LogP contribution in [0.15, 0.2) is 97.1 Å². The standard InChI is InChI=1S/C45H52O7/c46-37(27-47-38-15-7-33(8-16-38)44(23-3-1-4-24-44)35-11-19-40(20-12-35)49-29-42-31-51-42)28-48-39-17-9-34(10-18-39)45(25-5-2-6-26-45)36-13-21-41(22-14-36)50-30-43-32-52-43/h7-22,37,42-43,46H,1-6,23-32H2. The number of ether oxygens (including phenoxy) is 6. The lowest BCUT2D eigenvalue weighted by molar-refractivity contribution is 0.0626. The predicted octanol–water partition coefficient (Wildman–Crippen LogP) is 8.56. The molecule has 2 saturated carbocycles. The van der Waals surface area contributed by atoms with Crippen LogP contribution in [-0.2, 0) is 20.3 Å². The van der Waals surface area contributed by atoms with Crippen LogP contribution in [0.3, 0.4) is 0 Å². The lowest BCUT2D eigenvalue weighted by Crippen LogP contribution is -2.30. The van der Waals surface area contributed by atoms with Crippen LogP contribution >= 0.6 is 0 Å². The first-order valence-corrected chi connectivity index (χ1v) is 19.4. The summed E-state index contributed by atoms with van der Waals surface area (Å²) in [7, 11) is 0. The average molecular weight is 705 g/mol. The van der Waals surface area contributed by atoms with E-state index in [4.69, 9.17) is 28.4 Å². The summed E-state index contributed by atoms with van der Waals surface area (Å²) in [5.74, 6) is 3.28. The Morgan fingerprint density at radius 3 is 1.04 bits per heavy atom. The van der Waals surface area contributed by atoms with E-state index in [2.05, 4.69) is 72.8 Å². The third-order valence-electron chi connectivity index (χ3n) is 11.6. The van der Waals surface area contributed by atoms with Gasteiger partial charge in [0.2, 0.25) is 0 Å². The highest BCUT2D eigenvalue weighted by Crippen LogP contribution is 2.47. The number of epoxide rings is 2. The first kappa shape index (κ1) is 35.0. The molecule has 8 rings (SSSR count). The Morgan fingerprint density at radius 1 is 0.462 bits per heavy atom. The maximum atomic E-state index is 10.8. The van der Waals surface area contributed by atoms with Gasteiger partial charge in [0.1, 0.15) is 67.7 Å². The van der Waals surface area contributed by atoms with Crippen molar-refractivity contribution < 1.29 is 33.5 Å². The van der Waals surface area contributed by atoms with Crippen molar-refractivity contribution in [2.24, 2.45) is 0 Å². The Bertz CT molecular complexity index is 1570. The Balaban J connectivity index is 0.849. The molecule has 2 heterocycles. The summed E-state index contributed by atoms with van der Waals surface area (Å²) < 4.78 is 34.4. The van der Waals surface area contributed by atoms with Crippen molar-refractivity contribution in [2.45, 2.75) is 93.4 Å². The van der Waals surface area contributed by atoms with Gasteiger partial charge in [0.05, 0.1) is 13.2 Å². The van der Waals surface area contributed by atoms with Crippen LogP contribution in [-0.4, -0.2) is 63.1 Å². The summed E-state index contributed by atoms with van der Waals surface area (Å²) in [5, 5.41) is 10.8. The van der Waals surface area contributed by atoms with Crippen molar-refractivity contribution in [3.8, 4) is 23.0 Å². The largest absolute Gasteiger partial charge is 0.491 e. The van der Waals surface area contributed by atoms with Crippen molar-refractivity contribution >= 4 is 0 Å². The summed E-state index contributed by atoms with van der Waals surface area (Å²) in [5.41, 5.74) is 5.27. The summed E-state index contributed by atoms with van der Waals surface area (Å²) in [4.78, 5) is 0. The van der Waals surface area contributed by atoms with E-state index in [1.807, 2.05) is 24.3 Å². The van der Waals surface area contributed by atoms with E-state index in [1.54, 1.807) is 0 Å². The second kappa shape index (κ2) is 15.9. The van der Waals surface area contributed by atoms with Crippen molar-refractivity contribution in [3.05, 3.63) is 119 Å². The molecule has 0 amide bonds. The lowest BCUT2D eigenvalue weighted by Gasteiger charge is -2.39. The van der Waals surface area contributed by atoms with Crippen LogP contribution < -0.4 is 18.9 Å². The van der Waals surface area contributed by atoms with Gasteiger partial charge in [0, 0.05) is 10.8 Å². The summed E-state index contributed by atoms with van der Waals surface area (Å²) >= 11 is 0. The molecule has 4 aromatic carbocycles. The van der Waals surface area contributed by atoms with E-state index in [0.29, 0.717) is 13.2 Å². The van der Waals surface area contributed by atoms with Gasteiger partial charge in [0.25, 0.3) is 0 Å². The van der Waals surface area contributed by atoms with E-state index < -0.39 is 6.10 Å². The van der Waals surface area contributed by atoms with Crippen molar-refractivity contribution in [2.75, 3.05) is 39.6 Å². The normalized spacial score (nSPS) is 22.2. The zero-order valence-corrected chi connectivity index (χ0v) is 30.2. The zero-order valence-electron chi connectivity index (χ0n) is 30.2. The van der Waals surface area contributed by atoms with Gasteiger partial charge in [-0.05, 0) is 96.5 Å². The molecule has 2 saturated heterocycles. The number of benzene rings is 4. The fraction of sp³-hybridized carbons (Fsp3) is 0.467. The average Bonchev–Trinajstić information content (AvgIpc) is 4.16. The summed E-state index contributed by atoms with van der Waals surface area (Å²) in [6, 6.07) is 34.3. The molecule has 274 valence electrons. The van der Waals surface area contributed by atoms with Crippen LogP contribution in [0.2, 0.25) is 0 Å². The molecule has 2 aliphatic heterocycles. The van der Waals surface area contributed by atoms with Gasteiger partial charge in [0.15, 0.2) is 0 Å². The highest BCUT2D eigenvalue weighted by molar-refractivity contribution is 5.45. The van der Waals surface area contributed by atoms with Gasteiger partial charge in [-0.3, -0.25) is 0 Å². The smallest absolute Gasteiger partial charge is 0.122 e. The predicted molar refractivity (Wildman–Crippen MR) is 201 cm³/mol. The fourth-order valence-corrected chi connectivity index (χ4v) is 8.42. The topological polar surface area (TPSA) is 82.2 Å². The quantitative estimate of drug-likeness (QED) is 0.117. The van der Waals surface area contributed by atoms with E-state index in [-0.39, 0.29) is 36.3 Å². The van der Waals surface area contributed by atoms with Crippen LogP contribution in [0.5, 0.6) is 23.0 Å². The highest BCUT2D eigenvalue weighted by Gasteiger charge is 2.37. The van der Waals surface area contributed by atoms with Crippen molar-refractivity contribution in [1.29, 1.82) is 0 Å². The van der Waals surface area contributed by atoms with Gasteiger partial charge >= 0.3 is 0 Å². The first-order chi connectivity index (χ1) is 25.6. The number of aliphatic hydroxyl groups is 1. The van der Waals surface area contributed by atoms with Gasteiger partial charge in [-0.25, -0.2) is 0 Å². The van der Waals surface area contributed by atoms with Crippen LogP contribution in [0.1, 0.15) is 86.5 Å². The number of aliphatic hydroxyl groups excluding tert-OH is 1. The molecule has 2 unspecified atom stereocenters. The van der Waals surface area contributed by atoms with E-state index in [9.17, 15) is 5.11 Å². The molecule has 2 aliphatic carbocycles. The second-order valence-corrected chi connectivity index (χ2v) is 15.2. The van der Waals surface area contributed by atoms with Crippen LogP contribution in [0, 0.1) is 0 Å². The molecule has 4 aliphatic rings. The molecule has 7 nitrogen and oxygen atoms in total. The number of hydrogen-bond donors (Lipinski definition) is 1. The Labute approximate surface area is 308 Å². The molecule has 52 heavy (non-hydrogen) atoms. The second-order valence-electron chi connectivity index (χ2n) is 15.2. The minimum absolute atomic E-state index is 0.0146. The Hall–Kier alpha value is -4.04. The molecular weight excluding hydrogens is 652 g/mol. The molecule has 4 fully saturated rings. The molecule has 0 radical (unpaired) electrons. The monoisotopic (exact) mass is 704 g/mol. The molecule has 7 heteroatoms. The molecule has 1 N–H and O–H groups in total. The Kier molecular flexibility index (Phi) is 10.7. The maximum absolute atomic E-state index is 10.8. The van der Waals surface area contributed by atoms with E-state index in [0.717, 1.165) is 61.9 Å². The summed E-state index contributed by atoms with van der Waals surface area (Å²) in [6.07, 6.45) is 11.7. The van der Waals surface area contributed by atoms with E-state index >= 15 is 0 Å². The minimum atomic E-state index is -0.756. The van der Waals surface area contributed by atoms with Crippen LogP contribution in [0.4, 0.5) is 0 Å². The maximum Gasteiger partial charge on any atom is 0.122 e. The summed E-state index contributed by atoms with van der Waals surface area (Å²) in [6.45, 7) is 3.15. The first-order valence-electron chi connectivity index (χ1n) is 19.4. The molecule has 0 aromatic heterocycles. The zero-order chi connectivity index (χ0) is 35.2. The molecular formula is C45H52O7. The van der Waals surface area contributed by atoms with Gasteiger partial charge in [-0.2, -0.15) is 0 Å². The van der Waals surface area contributed by atoms with Gasteiger partial charge in [-0.15, -0.1) is 0 Å². The van der Waals surface area contributed by atoms with Gasteiger partial charge in [-0.1, -0.05) is 87.1 Å². The van der Waals surface area contributed by atoms with E-state index in [1.165, 1.54) is 60.8 Å². The number of rotatable bonds is 16. The molecule has 2 atom stereocenters. The molecule has 0 bridgehead atoms. The number of hydrogen-bond acceptors (Lipinski definition) is 7. The van der Waals surface area contributed by atoms with Crippen molar-refractivity contribution in [3.63, 3.8) is 0 Å². The fourth-order valence-electron chi connectivity index (χ4n) is 8.42. The molecule has 0 spiro atoms. The SMILES string of the molecule is OC(COc1ccc(C2(c3ccc(OCC4CO4)cc3)CCCCC2)cc1)COc1ccc(C2(c3ccc(OCC4CO4)cc3)CCCCC2)cc1. The minimum Gasteiger partial charge on any atom is -0.491 e.